The van der Waals surface area contributed by atoms with Crippen LogP contribution in [0.5, 0.6) is 0 Å². The van der Waals surface area contributed by atoms with Crippen LogP contribution in [0, 0.1) is 5.92 Å². The van der Waals surface area contributed by atoms with Gasteiger partial charge in [-0.2, -0.15) is 0 Å². The SMILES string of the molecule is CC1=CC(C)C(O)(I)C=C1. The molecule has 1 N–H and O–H groups in total. The average Bonchev–Trinajstić information content (AvgIpc) is 1.81. The van der Waals surface area contributed by atoms with Crippen molar-refractivity contribution >= 4 is 22.6 Å². The van der Waals surface area contributed by atoms with Crippen LogP contribution in [0.1, 0.15) is 13.8 Å². The van der Waals surface area contributed by atoms with Gasteiger partial charge >= 0.3 is 0 Å². The van der Waals surface area contributed by atoms with Crippen molar-refractivity contribution < 1.29 is 5.11 Å². The van der Waals surface area contributed by atoms with Gasteiger partial charge in [0.05, 0.1) is 0 Å². The first-order valence-corrected chi connectivity index (χ1v) is 4.39. The van der Waals surface area contributed by atoms with Gasteiger partial charge in [-0.25, -0.2) is 0 Å². The van der Waals surface area contributed by atoms with Crippen LogP contribution < -0.4 is 0 Å². The Balaban J connectivity index is 2.84. The van der Waals surface area contributed by atoms with Crippen LogP contribution >= 0.6 is 22.6 Å². The molecule has 1 nitrogen and oxygen atoms in total. The van der Waals surface area contributed by atoms with Gasteiger partial charge in [-0.05, 0) is 35.6 Å². The van der Waals surface area contributed by atoms with Gasteiger partial charge in [0, 0.05) is 5.92 Å². The zero-order valence-electron chi connectivity index (χ0n) is 6.13. The number of rotatable bonds is 0. The Morgan fingerprint density at radius 3 is 2.70 bits per heavy atom. The summed E-state index contributed by atoms with van der Waals surface area (Å²) in [5.74, 6) is 0.220. The molecule has 10 heavy (non-hydrogen) atoms. The fraction of sp³-hybridized carbons (Fsp3) is 0.500. The van der Waals surface area contributed by atoms with E-state index in [1.54, 1.807) is 0 Å². The Labute approximate surface area is 75.0 Å². The standard InChI is InChI=1S/C8H11IO/c1-6-3-4-8(9,10)7(2)5-6/h3-5,7,10H,1-2H3. The Hall–Kier alpha value is 0.170. The van der Waals surface area contributed by atoms with E-state index in [2.05, 4.69) is 28.7 Å². The van der Waals surface area contributed by atoms with E-state index in [1.165, 1.54) is 5.57 Å². The van der Waals surface area contributed by atoms with Crippen molar-refractivity contribution in [3.63, 3.8) is 0 Å². The molecule has 56 valence electrons. The summed E-state index contributed by atoms with van der Waals surface area (Å²) in [6.45, 7) is 4.05. The molecule has 0 fully saturated rings. The maximum absolute atomic E-state index is 9.62. The summed E-state index contributed by atoms with van der Waals surface area (Å²) in [5.41, 5.74) is 1.23. The zero-order valence-corrected chi connectivity index (χ0v) is 8.29. The highest BCUT2D eigenvalue weighted by Gasteiger charge is 2.27. The molecule has 1 aliphatic rings. The van der Waals surface area contributed by atoms with Gasteiger partial charge in [0.2, 0.25) is 0 Å². The molecule has 0 aliphatic heterocycles. The molecule has 2 atom stereocenters. The van der Waals surface area contributed by atoms with Crippen LogP contribution in [0.25, 0.3) is 0 Å². The Bertz CT molecular complexity index is 191. The van der Waals surface area contributed by atoms with Crippen molar-refractivity contribution in [2.45, 2.75) is 17.5 Å². The number of alkyl halides is 1. The van der Waals surface area contributed by atoms with E-state index in [0.717, 1.165) is 0 Å². The van der Waals surface area contributed by atoms with E-state index < -0.39 is 3.61 Å². The first kappa shape index (κ1) is 8.27. The molecule has 0 aromatic carbocycles. The van der Waals surface area contributed by atoms with Gasteiger partial charge in [-0.15, -0.1) is 0 Å². The molecule has 0 aromatic rings. The highest BCUT2D eigenvalue weighted by Crippen LogP contribution is 2.32. The van der Waals surface area contributed by atoms with E-state index in [-0.39, 0.29) is 5.92 Å². The van der Waals surface area contributed by atoms with E-state index >= 15 is 0 Å². The molecule has 0 saturated carbocycles. The topological polar surface area (TPSA) is 20.2 Å². The molecule has 0 saturated heterocycles. The van der Waals surface area contributed by atoms with Crippen LogP contribution in [0.4, 0.5) is 0 Å². The van der Waals surface area contributed by atoms with Crippen molar-refractivity contribution in [3.8, 4) is 0 Å². The molecule has 0 spiro atoms. The van der Waals surface area contributed by atoms with Crippen LogP contribution in [0.3, 0.4) is 0 Å². The largest absolute Gasteiger partial charge is 0.375 e. The molecule has 0 radical (unpaired) electrons. The lowest BCUT2D eigenvalue weighted by molar-refractivity contribution is 0.165. The van der Waals surface area contributed by atoms with Crippen LogP contribution in [0.15, 0.2) is 23.8 Å². The summed E-state index contributed by atoms with van der Waals surface area (Å²) >= 11 is 2.05. The molecule has 2 unspecified atom stereocenters. The zero-order chi connectivity index (χ0) is 7.78. The summed E-state index contributed by atoms with van der Waals surface area (Å²) in [6.07, 6.45) is 5.87. The molecule has 2 heteroatoms. The van der Waals surface area contributed by atoms with Gasteiger partial charge in [0.1, 0.15) is 3.61 Å². The van der Waals surface area contributed by atoms with Gasteiger partial charge < -0.3 is 5.11 Å². The number of aliphatic hydroxyl groups is 1. The van der Waals surface area contributed by atoms with Crippen molar-refractivity contribution in [2.75, 3.05) is 0 Å². The first-order valence-electron chi connectivity index (χ1n) is 3.31. The van der Waals surface area contributed by atoms with Gasteiger partial charge in [0.15, 0.2) is 0 Å². The monoisotopic (exact) mass is 250 g/mol. The lowest BCUT2D eigenvalue weighted by Crippen LogP contribution is -2.26. The van der Waals surface area contributed by atoms with Crippen molar-refractivity contribution in [1.82, 2.24) is 0 Å². The smallest absolute Gasteiger partial charge is 0.140 e. The quantitative estimate of drug-likeness (QED) is 0.516. The molecule has 1 rings (SSSR count). The fourth-order valence-corrected chi connectivity index (χ4v) is 1.33. The summed E-state index contributed by atoms with van der Waals surface area (Å²) in [5, 5.41) is 9.62. The lowest BCUT2D eigenvalue weighted by atomic mass is 9.96. The van der Waals surface area contributed by atoms with Crippen LogP contribution in [-0.4, -0.2) is 8.71 Å². The Morgan fingerprint density at radius 1 is 1.70 bits per heavy atom. The van der Waals surface area contributed by atoms with Gasteiger partial charge in [0.25, 0.3) is 0 Å². The number of halogens is 1. The second kappa shape index (κ2) is 2.66. The Kier molecular flexibility index (Phi) is 2.20. The predicted octanol–water partition coefficient (Wildman–Crippen LogP) is 2.26. The number of allylic oxidation sites excluding steroid dienone is 2. The average molecular weight is 250 g/mol. The molecular weight excluding hydrogens is 239 g/mol. The van der Waals surface area contributed by atoms with Crippen molar-refractivity contribution in [1.29, 1.82) is 0 Å². The van der Waals surface area contributed by atoms with E-state index in [9.17, 15) is 5.11 Å². The molecule has 0 heterocycles. The molecular formula is C8H11IO. The van der Waals surface area contributed by atoms with Crippen molar-refractivity contribution in [3.05, 3.63) is 23.8 Å². The molecule has 1 aliphatic carbocycles. The molecule has 0 amide bonds. The maximum Gasteiger partial charge on any atom is 0.140 e. The minimum atomic E-state index is -0.669. The Morgan fingerprint density at radius 2 is 2.30 bits per heavy atom. The number of hydrogen-bond donors (Lipinski definition) is 1. The van der Waals surface area contributed by atoms with Gasteiger partial charge in [-0.3, -0.25) is 0 Å². The summed E-state index contributed by atoms with van der Waals surface area (Å²) in [6, 6.07) is 0. The third kappa shape index (κ3) is 1.61. The summed E-state index contributed by atoms with van der Waals surface area (Å²) < 4.78 is -0.669. The lowest BCUT2D eigenvalue weighted by Gasteiger charge is -2.25. The van der Waals surface area contributed by atoms with Crippen molar-refractivity contribution in [2.24, 2.45) is 5.92 Å². The molecule has 0 bridgehead atoms. The van der Waals surface area contributed by atoms with E-state index in [4.69, 9.17) is 0 Å². The highest BCUT2D eigenvalue weighted by atomic mass is 127. The second-order valence-corrected chi connectivity index (χ2v) is 4.49. The van der Waals surface area contributed by atoms with E-state index in [0.29, 0.717) is 0 Å². The van der Waals surface area contributed by atoms with Gasteiger partial charge in [-0.1, -0.05) is 24.6 Å². The van der Waals surface area contributed by atoms with Crippen LogP contribution in [-0.2, 0) is 0 Å². The number of hydrogen-bond acceptors (Lipinski definition) is 1. The minimum Gasteiger partial charge on any atom is -0.375 e. The minimum absolute atomic E-state index is 0.220. The fourth-order valence-electron chi connectivity index (χ4n) is 0.967. The predicted molar refractivity (Wildman–Crippen MR) is 51.0 cm³/mol. The normalized spacial score (nSPS) is 39.6. The molecule has 0 aromatic heterocycles. The third-order valence-corrected chi connectivity index (χ3v) is 3.07. The summed E-state index contributed by atoms with van der Waals surface area (Å²) in [4.78, 5) is 0. The van der Waals surface area contributed by atoms with Crippen LogP contribution in [0.2, 0.25) is 0 Å². The highest BCUT2D eigenvalue weighted by molar-refractivity contribution is 14.1. The first-order chi connectivity index (χ1) is 4.52. The second-order valence-electron chi connectivity index (χ2n) is 2.76. The summed E-state index contributed by atoms with van der Waals surface area (Å²) in [7, 11) is 0. The maximum atomic E-state index is 9.62. The van der Waals surface area contributed by atoms with E-state index in [1.807, 2.05) is 26.0 Å². The third-order valence-electron chi connectivity index (χ3n) is 1.73.